The van der Waals surface area contributed by atoms with Gasteiger partial charge >= 0.3 is 0 Å². The molecule has 0 aliphatic heterocycles. The van der Waals surface area contributed by atoms with E-state index in [1.807, 2.05) is 39.8 Å². The van der Waals surface area contributed by atoms with Crippen LogP contribution in [-0.2, 0) is 4.74 Å². The van der Waals surface area contributed by atoms with E-state index in [1.165, 1.54) is 0 Å². The SMILES string of the molecule is COc1cc(C)cc(C)c1C(O)COC(C)C. The molecule has 0 aliphatic carbocycles. The molecular weight excluding hydrogens is 216 g/mol. The van der Waals surface area contributed by atoms with Gasteiger partial charge in [-0.15, -0.1) is 0 Å². The van der Waals surface area contributed by atoms with Gasteiger partial charge in [0, 0.05) is 5.56 Å². The highest BCUT2D eigenvalue weighted by Gasteiger charge is 2.17. The van der Waals surface area contributed by atoms with E-state index in [4.69, 9.17) is 9.47 Å². The van der Waals surface area contributed by atoms with Crippen molar-refractivity contribution in [3.05, 3.63) is 28.8 Å². The summed E-state index contributed by atoms with van der Waals surface area (Å²) in [5, 5.41) is 10.1. The molecule has 0 saturated heterocycles. The second-order valence-electron chi connectivity index (χ2n) is 4.60. The molecule has 96 valence electrons. The topological polar surface area (TPSA) is 38.7 Å². The number of hydrogen-bond donors (Lipinski definition) is 1. The van der Waals surface area contributed by atoms with Crippen LogP contribution in [0.1, 0.15) is 36.6 Å². The van der Waals surface area contributed by atoms with E-state index in [-0.39, 0.29) is 12.7 Å². The van der Waals surface area contributed by atoms with Crippen LogP contribution in [0.2, 0.25) is 0 Å². The lowest BCUT2D eigenvalue weighted by Crippen LogP contribution is -2.14. The average Bonchev–Trinajstić information content (AvgIpc) is 2.24. The molecule has 1 aromatic carbocycles. The summed E-state index contributed by atoms with van der Waals surface area (Å²) in [6, 6.07) is 3.97. The molecule has 0 fully saturated rings. The monoisotopic (exact) mass is 238 g/mol. The molecule has 0 radical (unpaired) electrons. The first-order chi connectivity index (χ1) is 7.95. The number of rotatable bonds is 5. The van der Waals surface area contributed by atoms with E-state index in [9.17, 15) is 5.11 Å². The maximum absolute atomic E-state index is 10.1. The van der Waals surface area contributed by atoms with Gasteiger partial charge in [0.1, 0.15) is 11.9 Å². The average molecular weight is 238 g/mol. The minimum absolute atomic E-state index is 0.112. The first kappa shape index (κ1) is 14.0. The van der Waals surface area contributed by atoms with Gasteiger partial charge in [0.25, 0.3) is 0 Å². The van der Waals surface area contributed by atoms with E-state index in [0.717, 1.165) is 22.4 Å². The molecule has 0 bridgehead atoms. The minimum atomic E-state index is -0.645. The third-order valence-electron chi connectivity index (χ3n) is 2.63. The highest BCUT2D eigenvalue weighted by molar-refractivity contribution is 5.44. The van der Waals surface area contributed by atoms with Gasteiger partial charge in [-0.25, -0.2) is 0 Å². The zero-order valence-corrected chi connectivity index (χ0v) is 11.3. The molecule has 1 rings (SSSR count). The molecule has 17 heavy (non-hydrogen) atoms. The van der Waals surface area contributed by atoms with Gasteiger partial charge in [-0.3, -0.25) is 0 Å². The molecule has 0 amide bonds. The summed E-state index contributed by atoms with van der Waals surface area (Å²) in [5.41, 5.74) is 2.97. The normalized spacial score (nSPS) is 12.9. The van der Waals surface area contributed by atoms with Crippen molar-refractivity contribution in [3.63, 3.8) is 0 Å². The molecule has 0 heterocycles. The lowest BCUT2D eigenvalue weighted by molar-refractivity contribution is 0.00383. The molecule has 1 atom stereocenters. The lowest BCUT2D eigenvalue weighted by Gasteiger charge is -2.19. The van der Waals surface area contributed by atoms with Crippen LogP contribution in [0.25, 0.3) is 0 Å². The molecule has 0 saturated carbocycles. The fourth-order valence-electron chi connectivity index (χ4n) is 1.90. The van der Waals surface area contributed by atoms with Crippen LogP contribution in [0, 0.1) is 13.8 Å². The Morgan fingerprint density at radius 1 is 1.24 bits per heavy atom. The van der Waals surface area contributed by atoms with Crippen molar-refractivity contribution in [2.24, 2.45) is 0 Å². The van der Waals surface area contributed by atoms with Gasteiger partial charge in [-0.05, 0) is 44.9 Å². The van der Waals surface area contributed by atoms with Crippen LogP contribution in [0.5, 0.6) is 5.75 Å². The molecule has 1 aromatic rings. The predicted octanol–water partition coefficient (Wildman–Crippen LogP) is 2.77. The Hall–Kier alpha value is -1.06. The van der Waals surface area contributed by atoms with E-state index < -0.39 is 6.10 Å². The van der Waals surface area contributed by atoms with Gasteiger partial charge in [-0.1, -0.05) is 6.07 Å². The predicted molar refractivity (Wildman–Crippen MR) is 68.5 cm³/mol. The van der Waals surface area contributed by atoms with Crippen molar-refractivity contribution in [1.29, 1.82) is 0 Å². The molecule has 1 N–H and O–H groups in total. The highest BCUT2D eigenvalue weighted by Crippen LogP contribution is 2.30. The van der Waals surface area contributed by atoms with Crippen molar-refractivity contribution in [2.45, 2.75) is 39.9 Å². The summed E-state index contributed by atoms with van der Waals surface area (Å²) < 4.78 is 10.8. The van der Waals surface area contributed by atoms with Crippen LogP contribution in [0.3, 0.4) is 0 Å². The number of benzene rings is 1. The number of aliphatic hydroxyl groups excluding tert-OH is 1. The summed E-state index contributed by atoms with van der Waals surface area (Å²) in [7, 11) is 1.62. The zero-order valence-electron chi connectivity index (χ0n) is 11.3. The Bertz CT molecular complexity index is 372. The van der Waals surface area contributed by atoms with Crippen LogP contribution in [-0.4, -0.2) is 24.9 Å². The lowest BCUT2D eigenvalue weighted by atomic mass is 10.00. The maximum atomic E-state index is 10.1. The highest BCUT2D eigenvalue weighted by atomic mass is 16.5. The Morgan fingerprint density at radius 2 is 1.88 bits per heavy atom. The molecule has 1 unspecified atom stereocenters. The second-order valence-corrected chi connectivity index (χ2v) is 4.60. The van der Waals surface area contributed by atoms with Gasteiger partial charge in [-0.2, -0.15) is 0 Å². The fourth-order valence-corrected chi connectivity index (χ4v) is 1.90. The van der Waals surface area contributed by atoms with Gasteiger partial charge < -0.3 is 14.6 Å². The molecule has 0 aliphatic rings. The van der Waals surface area contributed by atoms with Crippen molar-refractivity contribution in [2.75, 3.05) is 13.7 Å². The first-order valence-corrected chi connectivity index (χ1v) is 5.90. The molecule has 3 heteroatoms. The standard InChI is InChI=1S/C14H22O3/c1-9(2)17-8-12(15)14-11(4)6-10(3)7-13(14)16-5/h6-7,9,12,15H,8H2,1-5H3. The van der Waals surface area contributed by atoms with Gasteiger partial charge in [0.15, 0.2) is 0 Å². The molecule has 0 spiro atoms. The Kier molecular flexibility index (Phi) is 4.97. The molecule has 3 nitrogen and oxygen atoms in total. The van der Waals surface area contributed by atoms with Crippen molar-refractivity contribution < 1.29 is 14.6 Å². The van der Waals surface area contributed by atoms with Gasteiger partial charge in [0.2, 0.25) is 0 Å². The van der Waals surface area contributed by atoms with Crippen molar-refractivity contribution >= 4 is 0 Å². The number of aliphatic hydroxyl groups is 1. The largest absolute Gasteiger partial charge is 0.496 e. The van der Waals surface area contributed by atoms with E-state index in [1.54, 1.807) is 7.11 Å². The van der Waals surface area contributed by atoms with Crippen LogP contribution < -0.4 is 4.74 Å². The van der Waals surface area contributed by atoms with Crippen LogP contribution >= 0.6 is 0 Å². The van der Waals surface area contributed by atoms with Crippen molar-refractivity contribution in [3.8, 4) is 5.75 Å². The number of ether oxygens (including phenoxy) is 2. The third kappa shape index (κ3) is 3.72. The smallest absolute Gasteiger partial charge is 0.125 e. The zero-order chi connectivity index (χ0) is 13.0. The summed E-state index contributed by atoms with van der Waals surface area (Å²) >= 11 is 0. The number of hydrogen-bond acceptors (Lipinski definition) is 3. The third-order valence-corrected chi connectivity index (χ3v) is 2.63. The van der Waals surface area contributed by atoms with Crippen LogP contribution in [0.4, 0.5) is 0 Å². The molecular formula is C14H22O3. The van der Waals surface area contributed by atoms with Crippen LogP contribution in [0.15, 0.2) is 12.1 Å². The van der Waals surface area contributed by atoms with E-state index >= 15 is 0 Å². The Morgan fingerprint density at radius 3 is 2.41 bits per heavy atom. The van der Waals surface area contributed by atoms with Crippen molar-refractivity contribution in [1.82, 2.24) is 0 Å². The Labute approximate surface area is 103 Å². The Balaban J connectivity index is 2.95. The van der Waals surface area contributed by atoms with Gasteiger partial charge in [0.05, 0.1) is 19.8 Å². The molecule has 0 aromatic heterocycles. The summed E-state index contributed by atoms with van der Waals surface area (Å²) in [6.07, 6.45) is -0.533. The fraction of sp³-hybridized carbons (Fsp3) is 0.571. The first-order valence-electron chi connectivity index (χ1n) is 5.90. The minimum Gasteiger partial charge on any atom is -0.496 e. The maximum Gasteiger partial charge on any atom is 0.125 e. The number of methoxy groups -OCH3 is 1. The summed E-state index contributed by atoms with van der Waals surface area (Å²) in [4.78, 5) is 0. The second kappa shape index (κ2) is 6.03. The summed E-state index contributed by atoms with van der Waals surface area (Å²) in [6.45, 7) is 8.18. The quantitative estimate of drug-likeness (QED) is 0.857. The number of aryl methyl sites for hydroxylation is 2. The van der Waals surface area contributed by atoms with E-state index in [0.29, 0.717) is 0 Å². The summed E-state index contributed by atoms with van der Waals surface area (Å²) in [5.74, 6) is 0.724. The van der Waals surface area contributed by atoms with E-state index in [2.05, 4.69) is 0 Å².